The zero-order valence-corrected chi connectivity index (χ0v) is 14.0. The molecule has 6 nitrogen and oxygen atoms in total. The van der Waals surface area contributed by atoms with Crippen LogP contribution in [0.3, 0.4) is 0 Å². The number of methoxy groups -OCH3 is 1. The first-order valence-corrected chi connectivity index (χ1v) is 7.90. The SMILES string of the molecule is COCC(CCCNC(=O)OC(C)(C)C)Nc1nccs1. The normalized spacial score (nSPS) is 12.8. The molecule has 0 aliphatic rings. The summed E-state index contributed by atoms with van der Waals surface area (Å²) in [5.74, 6) is 0. The molecule has 1 aromatic rings. The van der Waals surface area contributed by atoms with Gasteiger partial charge < -0.3 is 20.1 Å². The van der Waals surface area contributed by atoms with E-state index >= 15 is 0 Å². The number of aromatic nitrogens is 1. The van der Waals surface area contributed by atoms with Crippen molar-refractivity contribution < 1.29 is 14.3 Å². The maximum atomic E-state index is 11.5. The number of rotatable bonds is 8. The van der Waals surface area contributed by atoms with Crippen LogP contribution in [0.2, 0.25) is 0 Å². The van der Waals surface area contributed by atoms with E-state index in [0.717, 1.165) is 18.0 Å². The highest BCUT2D eigenvalue weighted by Crippen LogP contribution is 2.14. The second-order valence-corrected chi connectivity index (χ2v) is 6.60. The third-order valence-electron chi connectivity index (χ3n) is 2.53. The van der Waals surface area contributed by atoms with Gasteiger partial charge in [-0.05, 0) is 33.6 Å². The van der Waals surface area contributed by atoms with E-state index in [1.165, 1.54) is 0 Å². The number of alkyl carbamates (subject to hydrolysis) is 1. The summed E-state index contributed by atoms with van der Waals surface area (Å²) in [6.07, 6.45) is 3.11. The summed E-state index contributed by atoms with van der Waals surface area (Å²) < 4.78 is 10.4. The first kappa shape index (κ1) is 17.7. The van der Waals surface area contributed by atoms with Crippen LogP contribution in [0, 0.1) is 0 Å². The highest BCUT2D eigenvalue weighted by molar-refractivity contribution is 7.13. The van der Waals surface area contributed by atoms with Crippen LogP contribution in [0.15, 0.2) is 11.6 Å². The van der Waals surface area contributed by atoms with Gasteiger partial charge in [0.1, 0.15) is 5.60 Å². The van der Waals surface area contributed by atoms with Gasteiger partial charge in [0, 0.05) is 25.2 Å². The number of nitrogens with zero attached hydrogens (tertiary/aromatic N) is 1. The molecule has 0 aliphatic carbocycles. The molecule has 0 saturated carbocycles. The lowest BCUT2D eigenvalue weighted by Gasteiger charge is -2.20. The zero-order valence-electron chi connectivity index (χ0n) is 13.1. The third kappa shape index (κ3) is 8.52. The molecule has 1 aromatic heterocycles. The minimum atomic E-state index is -0.463. The summed E-state index contributed by atoms with van der Waals surface area (Å²) in [6, 6.07) is 0.182. The smallest absolute Gasteiger partial charge is 0.407 e. The van der Waals surface area contributed by atoms with Gasteiger partial charge in [0.2, 0.25) is 0 Å². The lowest BCUT2D eigenvalue weighted by molar-refractivity contribution is 0.0526. The summed E-state index contributed by atoms with van der Waals surface area (Å²) in [4.78, 5) is 15.7. The number of anilines is 1. The molecule has 2 N–H and O–H groups in total. The van der Waals surface area contributed by atoms with Gasteiger partial charge in [0.15, 0.2) is 5.13 Å². The minimum absolute atomic E-state index is 0.182. The molecule has 0 radical (unpaired) electrons. The highest BCUT2D eigenvalue weighted by atomic mass is 32.1. The molecule has 0 fully saturated rings. The molecular weight excluding hydrogens is 290 g/mol. The molecule has 1 amide bonds. The van der Waals surface area contributed by atoms with E-state index in [4.69, 9.17) is 9.47 Å². The molecule has 1 atom stereocenters. The topological polar surface area (TPSA) is 72.5 Å². The summed E-state index contributed by atoms with van der Waals surface area (Å²) in [7, 11) is 1.68. The Bertz CT molecular complexity index is 404. The molecule has 1 heterocycles. The predicted octanol–water partition coefficient (Wildman–Crippen LogP) is 2.87. The van der Waals surface area contributed by atoms with Crippen molar-refractivity contribution in [1.29, 1.82) is 0 Å². The van der Waals surface area contributed by atoms with Crippen molar-refractivity contribution in [1.82, 2.24) is 10.3 Å². The van der Waals surface area contributed by atoms with Crippen molar-refractivity contribution in [3.05, 3.63) is 11.6 Å². The fourth-order valence-corrected chi connectivity index (χ4v) is 2.33. The van der Waals surface area contributed by atoms with Crippen LogP contribution >= 0.6 is 11.3 Å². The maximum absolute atomic E-state index is 11.5. The summed E-state index contributed by atoms with van der Waals surface area (Å²) in [5, 5.41) is 8.89. The quantitative estimate of drug-likeness (QED) is 0.722. The molecule has 21 heavy (non-hydrogen) atoms. The van der Waals surface area contributed by atoms with Crippen LogP contribution in [-0.2, 0) is 9.47 Å². The average Bonchev–Trinajstić information content (AvgIpc) is 2.85. The Hall–Kier alpha value is -1.34. The molecule has 0 spiro atoms. The van der Waals surface area contributed by atoms with Crippen LogP contribution in [0.25, 0.3) is 0 Å². The molecule has 7 heteroatoms. The zero-order chi connectivity index (χ0) is 15.7. The molecule has 1 rings (SSSR count). The number of carbonyl (C=O) groups is 1. The van der Waals surface area contributed by atoms with Crippen molar-refractivity contribution in [3.63, 3.8) is 0 Å². The molecule has 0 bridgehead atoms. The van der Waals surface area contributed by atoms with E-state index in [1.54, 1.807) is 24.6 Å². The number of thiazole rings is 1. The Labute approximate surface area is 130 Å². The Morgan fingerprint density at radius 1 is 1.48 bits per heavy atom. The number of hydrogen-bond acceptors (Lipinski definition) is 6. The van der Waals surface area contributed by atoms with Gasteiger partial charge in [-0.2, -0.15) is 0 Å². The van der Waals surface area contributed by atoms with Gasteiger partial charge >= 0.3 is 6.09 Å². The summed E-state index contributed by atoms with van der Waals surface area (Å²) >= 11 is 1.56. The number of hydrogen-bond donors (Lipinski definition) is 2. The number of nitrogens with one attached hydrogen (secondary N) is 2. The Morgan fingerprint density at radius 2 is 2.24 bits per heavy atom. The van der Waals surface area contributed by atoms with Crippen molar-refractivity contribution in [2.24, 2.45) is 0 Å². The maximum Gasteiger partial charge on any atom is 0.407 e. The first-order valence-electron chi connectivity index (χ1n) is 7.02. The lowest BCUT2D eigenvalue weighted by atomic mass is 10.1. The standard InChI is InChI=1S/C14H25N3O3S/c1-14(2,3)20-13(18)16-7-5-6-11(10-19-4)17-12-15-8-9-21-12/h8-9,11H,5-7,10H2,1-4H3,(H,15,17)(H,16,18). The number of amides is 1. The highest BCUT2D eigenvalue weighted by Gasteiger charge is 2.16. The number of ether oxygens (including phenoxy) is 2. The Kier molecular flexibility index (Phi) is 7.45. The largest absolute Gasteiger partial charge is 0.444 e. The molecule has 0 aromatic carbocycles. The fraction of sp³-hybridized carbons (Fsp3) is 0.714. The Balaban J connectivity index is 2.23. The minimum Gasteiger partial charge on any atom is -0.444 e. The van der Waals surface area contributed by atoms with Gasteiger partial charge in [-0.15, -0.1) is 11.3 Å². The lowest BCUT2D eigenvalue weighted by Crippen LogP contribution is -2.33. The predicted molar refractivity (Wildman–Crippen MR) is 84.9 cm³/mol. The second kappa shape index (κ2) is 8.84. The molecule has 1 unspecified atom stereocenters. The molecular formula is C14H25N3O3S. The second-order valence-electron chi connectivity index (χ2n) is 5.70. The summed E-state index contributed by atoms with van der Waals surface area (Å²) in [5.41, 5.74) is -0.463. The van der Waals surface area contributed by atoms with Crippen molar-refractivity contribution in [3.8, 4) is 0 Å². The third-order valence-corrected chi connectivity index (χ3v) is 3.23. The first-order chi connectivity index (χ1) is 9.90. The van der Waals surface area contributed by atoms with Gasteiger partial charge in [-0.25, -0.2) is 9.78 Å². The number of carbonyl (C=O) groups excluding carboxylic acids is 1. The van der Waals surface area contributed by atoms with Gasteiger partial charge in [0.25, 0.3) is 0 Å². The van der Waals surface area contributed by atoms with E-state index in [0.29, 0.717) is 13.2 Å². The fourth-order valence-electron chi connectivity index (χ4n) is 1.72. The van der Waals surface area contributed by atoms with E-state index < -0.39 is 5.60 Å². The van der Waals surface area contributed by atoms with Gasteiger partial charge in [0.05, 0.1) is 12.6 Å². The monoisotopic (exact) mass is 315 g/mol. The van der Waals surface area contributed by atoms with Crippen LogP contribution in [0.5, 0.6) is 0 Å². The van der Waals surface area contributed by atoms with E-state index in [9.17, 15) is 4.79 Å². The molecule has 120 valence electrons. The van der Waals surface area contributed by atoms with E-state index in [1.807, 2.05) is 26.2 Å². The van der Waals surface area contributed by atoms with Crippen LogP contribution in [-0.4, -0.2) is 43.0 Å². The van der Waals surface area contributed by atoms with Crippen molar-refractivity contribution in [2.75, 3.05) is 25.6 Å². The van der Waals surface area contributed by atoms with Gasteiger partial charge in [-0.3, -0.25) is 0 Å². The van der Waals surface area contributed by atoms with Crippen molar-refractivity contribution >= 4 is 22.6 Å². The van der Waals surface area contributed by atoms with E-state index in [2.05, 4.69) is 15.6 Å². The Morgan fingerprint density at radius 3 is 2.81 bits per heavy atom. The molecule has 0 aliphatic heterocycles. The average molecular weight is 315 g/mol. The van der Waals surface area contributed by atoms with Crippen molar-refractivity contribution in [2.45, 2.75) is 45.3 Å². The van der Waals surface area contributed by atoms with Gasteiger partial charge in [-0.1, -0.05) is 0 Å². The van der Waals surface area contributed by atoms with Crippen LogP contribution in [0.4, 0.5) is 9.93 Å². The van der Waals surface area contributed by atoms with Crippen LogP contribution < -0.4 is 10.6 Å². The van der Waals surface area contributed by atoms with Crippen LogP contribution in [0.1, 0.15) is 33.6 Å². The molecule has 0 saturated heterocycles. The summed E-state index contributed by atoms with van der Waals surface area (Å²) in [6.45, 7) is 6.72. The van der Waals surface area contributed by atoms with E-state index in [-0.39, 0.29) is 12.1 Å².